The molecule has 1 aliphatic carbocycles. The van der Waals surface area contributed by atoms with Crippen molar-refractivity contribution in [3.63, 3.8) is 0 Å². The molecule has 240 valence electrons. The molecule has 6 rings (SSSR count). The van der Waals surface area contributed by atoms with E-state index in [0.717, 1.165) is 58.2 Å². The fraction of sp³-hybridized carbons (Fsp3) is 0.333. The standard InChI is InChI=1S/C33H35FN8O3.ClH/c34-27-17-25(12-13-26(27)31-38-40-41-39-31)42(32(44)23-7-3-20(18-35)4-8-23)33(45)28(36)15-19-1-5-21(6-2-19)24-10-9-22-11-14-30(43)37-29(22)16-24;/h1-2,5-6,9-10,12-13,16-17,20,23,28H,3-4,7-8,11,14-15,18,35-36H2,(H,37,43)(H,38,39,40,41);1H/t20?,23?,28-;/m0./s1. The van der Waals surface area contributed by atoms with Crippen molar-refractivity contribution in [1.29, 1.82) is 0 Å². The van der Waals surface area contributed by atoms with Gasteiger partial charge in [-0.3, -0.25) is 14.4 Å². The topological polar surface area (TPSA) is 173 Å². The smallest absolute Gasteiger partial charge is 0.251 e. The molecule has 0 bridgehead atoms. The average molecular weight is 647 g/mol. The highest BCUT2D eigenvalue weighted by Crippen LogP contribution is 2.33. The van der Waals surface area contributed by atoms with Gasteiger partial charge >= 0.3 is 0 Å². The molecular weight excluding hydrogens is 611 g/mol. The number of imide groups is 1. The predicted octanol–water partition coefficient (Wildman–Crippen LogP) is 4.17. The van der Waals surface area contributed by atoms with Crippen LogP contribution in [0, 0.1) is 17.7 Å². The van der Waals surface area contributed by atoms with Crippen LogP contribution in [0.4, 0.5) is 15.8 Å². The molecule has 4 aromatic rings. The lowest BCUT2D eigenvalue weighted by Gasteiger charge is -2.32. The van der Waals surface area contributed by atoms with Gasteiger partial charge in [0.1, 0.15) is 5.82 Å². The summed E-state index contributed by atoms with van der Waals surface area (Å²) in [5.74, 6) is -1.69. The Morgan fingerprint density at radius 2 is 1.72 bits per heavy atom. The number of H-pyrrole nitrogens is 1. The lowest BCUT2D eigenvalue weighted by molar-refractivity contribution is -0.130. The zero-order valence-corrected chi connectivity index (χ0v) is 25.9. The number of nitrogens with zero attached hydrogens (tertiary/aromatic N) is 4. The number of rotatable bonds is 8. The summed E-state index contributed by atoms with van der Waals surface area (Å²) in [5, 5.41) is 16.3. The molecule has 0 unspecified atom stereocenters. The van der Waals surface area contributed by atoms with Gasteiger partial charge in [0.25, 0.3) is 5.91 Å². The fourth-order valence-corrected chi connectivity index (χ4v) is 6.18. The first-order chi connectivity index (χ1) is 21.8. The number of tetrazole rings is 1. The van der Waals surface area contributed by atoms with Gasteiger partial charge in [0.05, 0.1) is 17.3 Å². The molecule has 11 nitrogen and oxygen atoms in total. The molecule has 3 aromatic carbocycles. The molecule has 0 spiro atoms. The second-order valence-electron chi connectivity index (χ2n) is 11.8. The number of amides is 3. The van der Waals surface area contributed by atoms with Crippen molar-refractivity contribution < 1.29 is 18.8 Å². The van der Waals surface area contributed by atoms with Crippen LogP contribution in [0.2, 0.25) is 0 Å². The number of nitrogens with two attached hydrogens (primary N) is 2. The Morgan fingerprint density at radius 1 is 0.978 bits per heavy atom. The van der Waals surface area contributed by atoms with Gasteiger partial charge in [-0.15, -0.1) is 22.6 Å². The summed E-state index contributed by atoms with van der Waals surface area (Å²) in [7, 11) is 0. The van der Waals surface area contributed by atoms with Crippen molar-refractivity contribution >= 4 is 41.5 Å². The maximum atomic E-state index is 15.2. The fourth-order valence-electron chi connectivity index (χ4n) is 6.18. The first kappa shape index (κ1) is 32.9. The summed E-state index contributed by atoms with van der Waals surface area (Å²) in [5.41, 5.74) is 17.1. The maximum absolute atomic E-state index is 15.2. The quantitative estimate of drug-likeness (QED) is 0.221. The molecule has 1 saturated carbocycles. The minimum absolute atomic E-state index is 0. The van der Waals surface area contributed by atoms with Crippen LogP contribution < -0.4 is 21.7 Å². The van der Waals surface area contributed by atoms with E-state index in [2.05, 4.69) is 25.9 Å². The van der Waals surface area contributed by atoms with Crippen LogP contribution in [0.3, 0.4) is 0 Å². The third-order valence-corrected chi connectivity index (χ3v) is 8.83. The second-order valence-corrected chi connectivity index (χ2v) is 11.8. The number of nitrogens with one attached hydrogen (secondary N) is 2. The first-order valence-electron chi connectivity index (χ1n) is 15.2. The van der Waals surface area contributed by atoms with Crippen LogP contribution in [0.15, 0.2) is 60.7 Å². The summed E-state index contributed by atoms with van der Waals surface area (Å²) >= 11 is 0. The van der Waals surface area contributed by atoms with Crippen molar-refractivity contribution in [3.05, 3.63) is 77.6 Å². The SMILES string of the molecule is Cl.NCC1CCC(C(=O)N(C(=O)[C@@H](N)Cc2ccc(-c3ccc4c(c3)NC(=O)CC4)cc2)c2ccc(-c3nn[nH]n3)c(F)c2)CC1. The normalized spacial score (nSPS) is 18.1. The molecule has 3 amide bonds. The van der Waals surface area contributed by atoms with Crippen LogP contribution in [-0.2, 0) is 27.2 Å². The molecule has 2 aliphatic rings. The molecule has 0 saturated heterocycles. The van der Waals surface area contributed by atoms with E-state index in [9.17, 15) is 14.4 Å². The summed E-state index contributed by atoms with van der Waals surface area (Å²) in [6, 6.07) is 16.7. The van der Waals surface area contributed by atoms with E-state index in [1.165, 1.54) is 12.1 Å². The van der Waals surface area contributed by atoms with E-state index in [0.29, 0.717) is 31.7 Å². The van der Waals surface area contributed by atoms with Crippen LogP contribution in [0.5, 0.6) is 0 Å². The number of hydrogen-bond donors (Lipinski definition) is 4. The van der Waals surface area contributed by atoms with E-state index in [1.807, 2.05) is 42.5 Å². The zero-order valence-electron chi connectivity index (χ0n) is 25.1. The molecule has 0 radical (unpaired) electrons. The number of aryl methyl sites for hydroxylation is 1. The molecule has 1 aromatic heterocycles. The number of aromatic nitrogens is 4. The van der Waals surface area contributed by atoms with Crippen LogP contribution >= 0.6 is 12.4 Å². The Hall–Kier alpha value is -4.52. The van der Waals surface area contributed by atoms with Crippen molar-refractivity contribution in [3.8, 4) is 22.5 Å². The monoisotopic (exact) mass is 646 g/mol. The molecule has 2 heterocycles. The van der Waals surface area contributed by atoms with Gasteiger partial charge in [-0.1, -0.05) is 36.4 Å². The summed E-state index contributed by atoms with van der Waals surface area (Å²) in [4.78, 5) is 40.6. The summed E-state index contributed by atoms with van der Waals surface area (Å²) in [6.45, 7) is 0.555. The highest BCUT2D eigenvalue weighted by atomic mass is 35.5. The van der Waals surface area contributed by atoms with E-state index in [1.54, 1.807) is 0 Å². The largest absolute Gasteiger partial charge is 0.330 e. The molecule has 46 heavy (non-hydrogen) atoms. The number of fused-ring (bicyclic) bond motifs is 1. The van der Waals surface area contributed by atoms with E-state index < -0.39 is 29.6 Å². The van der Waals surface area contributed by atoms with Crippen LogP contribution in [-0.4, -0.2) is 50.9 Å². The number of halogens is 2. The number of carbonyl (C=O) groups excluding carboxylic acids is 3. The van der Waals surface area contributed by atoms with Gasteiger partial charge in [0.15, 0.2) is 0 Å². The Labute approximate surface area is 271 Å². The van der Waals surface area contributed by atoms with Gasteiger partial charge in [0, 0.05) is 18.0 Å². The van der Waals surface area contributed by atoms with Crippen molar-refractivity contribution in [2.24, 2.45) is 23.3 Å². The maximum Gasteiger partial charge on any atom is 0.251 e. The third kappa shape index (κ3) is 6.99. The van der Waals surface area contributed by atoms with Crippen LogP contribution in [0.25, 0.3) is 22.5 Å². The Morgan fingerprint density at radius 3 is 2.39 bits per heavy atom. The molecule has 13 heteroatoms. The molecule has 1 aliphatic heterocycles. The first-order valence-corrected chi connectivity index (χ1v) is 15.2. The number of anilines is 2. The molecule has 1 fully saturated rings. The van der Waals surface area contributed by atoms with Gasteiger partial charge in [-0.2, -0.15) is 5.21 Å². The van der Waals surface area contributed by atoms with E-state index in [-0.39, 0.29) is 41.8 Å². The van der Waals surface area contributed by atoms with Crippen LogP contribution in [0.1, 0.15) is 43.2 Å². The molecular formula is C33H36ClFN8O3. The third-order valence-electron chi connectivity index (χ3n) is 8.83. The Bertz CT molecular complexity index is 1710. The van der Waals surface area contributed by atoms with Crippen molar-refractivity contribution in [2.75, 3.05) is 16.8 Å². The number of benzene rings is 3. The number of aromatic amines is 1. The number of hydrogen-bond acceptors (Lipinski definition) is 8. The number of carbonyl (C=O) groups is 3. The van der Waals surface area contributed by atoms with E-state index in [4.69, 9.17) is 11.5 Å². The minimum Gasteiger partial charge on any atom is -0.330 e. The van der Waals surface area contributed by atoms with Gasteiger partial charge in [-0.05, 0) is 103 Å². The summed E-state index contributed by atoms with van der Waals surface area (Å²) in [6.07, 6.45) is 4.14. The molecule has 6 N–H and O–H groups in total. The zero-order chi connectivity index (χ0) is 31.5. The van der Waals surface area contributed by atoms with Crippen molar-refractivity contribution in [1.82, 2.24) is 20.6 Å². The molecule has 1 atom stereocenters. The van der Waals surface area contributed by atoms with Gasteiger partial charge in [-0.25, -0.2) is 9.29 Å². The van der Waals surface area contributed by atoms with Gasteiger partial charge < -0.3 is 16.8 Å². The lowest BCUT2D eigenvalue weighted by Crippen LogP contribution is -2.50. The lowest BCUT2D eigenvalue weighted by atomic mass is 9.81. The Balaban J connectivity index is 0.00000417. The predicted molar refractivity (Wildman–Crippen MR) is 174 cm³/mol. The highest BCUT2D eigenvalue weighted by Gasteiger charge is 2.35. The highest BCUT2D eigenvalue weighted by molar-refractivity contribution is 6.17. The second kappa shape index (κ2) is 14.3. The Kier molecular flexibility index (Phi) is 10.2. The minimum atomic E-state index is -1.06. The summed E-state index contributed by atoms with van der Waals surface area (Å²) < 4.78 is 15.2. The van der Waals surface area contributed by atoms with Gasteiger partial charge in [0.2, 0.25) is 17.6 Å². The van der Waals surface area contributed by atoms with E-state index >= 15 is 4.39 Å². The van der Waals surface area contributed by atoms with Crippen molar-refractivity contribution in [2.45, 2.75) is 51.0 Å². The average Bonchev–Trinajstić information content (AvgIpc) is 3.60.